The maximum Gasteiger partial charge on any atom is 0.0791 e. The zero-order valence-corrected chi connectivity index (χ0v) is 9.74. The van der Waals surface area contributed by atoms with Crippen LogP contribution in [-0.4, -0.2) is 19.6 Å². The highest BCUT2D eigenvalue weighted by atomic mass is 15.1. The predicted octanol–water partition coefficient (Wildman–Crippen LogP) is 2.18. The Hall–Kier alpha value is -1.46. The third kappa shape index (κ3) is 2.05. The molecule has 1 N–H and O–H groups in total. The van der Waals surface area contributed by atoms with Crippen molar-refractivity contribution in [3.63, 3.8) is 0 Å². The molecule has 1 aliphatic heterocycles. The van der Waals surface area contributed by atoms with Crippen molar-refractivity contribution >= 4 is 5.69 Å². The van der Waals surface area contributed by atoms with Crippen LogP contribution in [0.5, 0.6) is 0 Å². The molecule has 1 aliphatic rings. The van der Waals surface area contributed by atoms with E-state index in [1.807, 2.05) is 0 Å². The Balaban J connectivity index is 2.29. The molecule has 1 aromatic carbocycles. The Morgan fingerprint density at radius 2 is 2.31 bits per heavy atom. The van der Waals surface area contributed by atoms with E-state index in [2.05, 4.69) is 47.3 Å². The van der Waals surface area contributed by atoms with Gasteiger partial charge < -0.3 is 10.2 Å². The first-order chi connectivity index (χ1) is 7.86. The quantitative estimate of drug-likeness (QED) is 0.776. The van der Waals surface area contributed by atoms with Gasteiger partial charge in [-0.1, -0.05) is 31.0 Å². The fourth-order valence-corrected chi connectivity index (χ4v) is 2.36. The van der Waals surface area contributed by atoms with Gasteiger partial charge in [0.2, 0.25) is 0 Å². The monoisotopic (exact) mass is 214 g/mol. The first-order valence-corrected chi connectivity index (χ1v) is 5.87. The molecule has 2 rings (SSSR count). The molecule has 1 unspecified atom stereocenters. The van der Waals surface area contributed by atoms with E-state index >= 15 is 0 Å². The summed E-state index contributed by atoms with van der Waals surface area (Å²) in [6.45, 7) is 4.90. The van der Waals surface area contributed by atoms with Crippen molar-refractivity contribution in [3.8, 4) is 12.3 Å². The van der Waals surface area contributed by atoms with Crippen LogP contribution < -0.4 is 10.2 Å². The van der Waals surface area contributed by atoms with Gasteiger partial charge in [0.1, 0.15) is 0 Å². The number of fused-ring (bicyclic) bond motifs is 1. The van der Waals surface area contributed by atoms with Crippen LogP contribution in [0.15, 0.2) is 24.3 Å². The SMILES string of the molecule is C#CCN1CCC(NCC)c2ccccc21. The highest BCUT2D eigenvalue weighted by Gasteiger charge is 2.23. The van der Waals surface area contributed by atoms with Gasteiger partial charge in [-0.3, -0.25) is 0 Å². The lowest BCUT2D eigenvalue weighted by Gasteiger charge is -2.35. The third-order valence-electron chi connectivity index (χ3n) is 3.07. The number of terminal acetylenes is 1. The van der Waals surface area contributed by atoms with Gasteiger partial charge >= 0.3 is 0 Å². The van der Waals surface area contributed by atoms with Gasteiger partial charge in [0.15, 0.2) is 0 Å². The molecule has 0 aliphatic carbocycles. The second-order valence-electron chi connectivity index (χ2n) is 4.08. The summed E-state index contributed by atoms with van der Waals surface area (Å²) in [4.78, 5) is 2.28. The summed E-state index contributed by atoms with van der Waals surface area (Å²) < 4.78 is 0. The topological polar surface area (TPSA) is 15.3 Å². The van der Waals surface area contributed by atoms with E-state index in [0.29, 0.717) is 12.6 Å². The van der Waals surface area contributed by atoms with Crippen LogP contribution in [0, 0.1) is 12.3 Å². The number of rotatable bonds is 3. The summed E-state index contributed by atoms with van der Waals surface area (Å²) in [5.74, 6) is 2.73. The van der Waals surface area contributed by atoms with Crippen molar-refractivity contribution in [2.45, 2.75) is 19.4 Å². The van der Waals surface area contributed by atoms with Crippen LogP contribution in [0.25, 0.3) is 0 Å². The lowest BCUT2D eigenvalue weighted by atomic mass is 9.96. The fraction of sp³-hybridized carbons (Fsp3) is 0.429. The number of hydrogen-bond acceptors (Lipinski definition) is 2. The normalized spacial score (nSPS) is 19.0. The molecule has 0 spiro atoms. The summed E-state index contributed by atoms with van der Waals surface area (Å²) in [6.07, 6.45) is 6.53. The van der Waals surface area contributed by atoms with Crippen molar-refractivity contribution < 1.29 is 0 Å². The molecule has 1 aromatic rings. The van der Waals surface area contributed by atoms with Crippen LogP contribution in [0.1, 0.15) is 24.9 Å². The van der Waals surface area contributed by atoms with E-state index in [4.69, 9.17) is 6.42 Å². The maximum absolute atomic E-state index is 5.40. The Morgan fingerprint density at radius 3 is 3.06 bits per heavy atom. The standard InChI is InChI=1S/C14H18N2/c1-3-10-16-11-9-13(15-4-2)12-7-5-6-8-14(12)16/h1,5-8,13,15H,4,9-11H2,2H3. The molecule has 84 valence electrons. The van der Waals surface area contributed by atoms with Gasteiger partial charge in [-0.2, -0.15) is 0 Å². The minimum absolute atomic E-state index is 0.482. The highest BCUT2D eigenvalue weighted by Crippen LogP contribution is 2.33. The first-order valence-electron chi connectivity index (χ1n) is 5.87. The highest BCUT2D eigenvalue weighted by molar-refractivity contribution is 5.57. The zero-order valence-electron chi connectivity index (χ0n) is 9.74. The zero-order chi connectivity index (χ0) is 11.4. The molecule has 16 heavy (non-hydrogen) atoms. The van der Waals surface area contributed by atoms with Gasteiger partial charge in [0.05, 0.1) is 6.54 Å². The molecule has 0 aromatic heterocycles. The van der Waals surface area contributed by atoms with Gasteiger partial charge in [-0.25, -0.2) is 0 Å². The summed E-state index contributed by atoms with van der Waals surface area (Å²) in [5, 5.41) is 3.52. The number of nitrogens with one attached hydrogen (secondary N) is 1. The second-order valence-corrected chi connectivity index (χ2v) is 4.08. The van der Waals surface area contributed by atoms with Crippen molar-refractivity contribution in [2.75, 3.05) is 24.5 Å². The van der Waals surface area contributed by atoms with Gasteiger partial charge in [-0.05, 0) is 24.6 Å². The molecular weight excluding hydrogens is 196 g/mol. The minimum atomic E-state index is 0.482. The number of hydrogen-bond donors (Lipinski definition) is 1. The van der Waals surface area contributed by atoms with Gasteiger partial charge in [0, 0.05) is 18.3 Å². The Morgan fingerprint density at radius 1 is 1.50 bits per heavy atom. The smallest absolute Gasteiger partial charge is 0.0791 e. The van der Waals surface area contributed by atoms with E-state index < -0.39 is 0 Å². The van der Waals surface area contributed by atoms with Crippen molar-refractivity contribution in [1.29, 1.82) is 0 Å². The second kappa shape index (κ2) is 5.05. The lowest BCUT2D eigenvalue weighted by Crippen LogP contribution is -2.36. The number of benzene rings is 1. The molecular formula is C14H18N2. The molecule has 0 fully saturated rings. The van der Waals surface area contributed by atoms with E-state index in [1.54, 1.807) is 0 Å². The first kappa shape index (κ1) is 11.0. The summed E-state index contributed by atoms with van der Waals surface area (Å²) in [5.41, 5.74) is 2.67. The molecule has 1 atom stereocenters. The molecule has 2 nitrogen and oxygen atoms in total. The summed E-state index contributed by atoms with van der Waals surface area (Å²) in [6, 6.07) is 9.02. The number of nitrogens with zero attached hydrogens (tertiary/aromatic N) is 1. The molecule has 2 heteroatoms. The molecule has 0 saturated carbocycles. The van der Waals surface area contributed by atoms with Crippen molar-refractivity contribution in [3.05, 3.63) is 29.8 Å². The van der Waals surface area contributed by atoms with Crippen LogP contribution in [0.4, 0.5) is 5.69 Å². The number of anilines is 1. The minimum Gasteiger partial charge on any atom is -0.360 e. The average Bonchev–Trinajstić information content (AvgIpc) is 2.33. The largest absolute Gasteiger partial charge is 0.360 e. The van der Waals surface area contributed by atoms with Crippen molar-refractivity contribution in [1.82, 2.24) is 5.32 Å². The molecule has 0 saturated heterocycles. The van der Waals surface area contributed by atoms with E-state index in [9.17, 15) is 0 Å². The van der Waals surface area contributed by atoms with Gasteiger partial charge in [-0.15, -0.1) is 6.42 Å². The average molecular weight is 214 g/mol. The van der Waals surface area contributed by atoms with E-state index in [0.717, 1.165) is 19.5 Å². The fourth-order valence-electron chi connectivity index (χ4n) is 2.36. The van der Waals surface area contributed by atoms with E-state index in [-0.39, 0.29) is 0 Å². The molecule has 1 heterocycles. The van der Waals surface area contributed by atoms with E-state index in [1.165, 1.54) is 11.3 Å². The summed E-state index contributed by atoms with van der Waals surface area (Å²) in [7, 11) is 0. The predicted molar refractivity (Wildman–Crippen MR) is 68.5 cm³/mol. The van der Waals surface area contributed by atoms with Crippen LogP contribution in [0.2, 0.25) is 0 Å². The Labute approximate surface area is 97.7 Å². The Bertz CT molecular complexity index is 392. The third-order valence-corrected chi connectivity index (χ3v) is 3.07. The molecule has 0 amide bonds. The Kier molecular flexibility index (Phi) is 3.48. The molecule has 0 radical (unpaired) electrons. The van der Waals surface area contributed by atoms with Crippen LogP contribution in [-0.2, 0) is 0 Å². The maximum atomic E-state index is 5.40. The van der Waals surface area contributed by atoms with Crippen LogP contribution in [0.3, 0.4) is 0 Å². The lowest BCUT2D eigenvalue weighted by molar-refractivity contribution is 0.496. The number of para-hydroxylation sites is 1. The molecule has 0 bridgehead atoms. The van der Waals surface area contributed by atoms with Crippen molar-refractivity contribution in [2.24, 2.45) is 0 Å². The summed E-state index contributed by atoms with van der Waals surface area (Å²) >= 11 is 0. The van der Waals surface area contributed by atoms with Crippen LogP contribution >= 0.6 is 0 Å². The van der Waals surface area contributed by atoms with Gasteiger partial charge in [0.25, 0.3) is 0 Å².